The topological polar surface area (TPSA) is 51.1 Å². The van der Waals surface area contributed by atoms with Gasteiger partial charge in [-0.15, -0.1) is 0 Å². The largest absolute Gasteiger partial charge is 0.351 e. The summed E-state index contributed by atoms with van der Waals surface area (Å²) in [7, 11) is -1.74. The molecule has 0 fully saturated rings. The average molecular weight is 282 g/mol. The predicted molar refractivity (Wildman–Crippen MR) is 70.6 cm³/mol. The third-order valence-electron chi connectivity index (χ3n) is 3.04. The molecular formula is C13H15FN2O2S. The first kappa shape index (κ1) is 13.8. The van der Waals surface area contributed by atoms with Crippen LogP contribution in [0.4, 0.5) is 4.39 Å². The molecule has 0 bridgehead atoms. The molecule has 0 saturated carbocycles. The zero-order chi connectivity index (χ0) is 14.0. The second kappa shape index (κ2) is 5.14. The Hall–Kier alpha value is -1.66. The number of sulfonamides is 1. The minimum atomic E-state index is -3.61. The molecular weight excluding hydrogens is 267 g/mol. The zero-order valence-electron chi connectivity index (χ0n) is 10.7. The third-order valence-corrected chi connectivity index (χ3v) is 4.46. The van der Waals surface area contributed by atoms with Gasteiger partial charge < -0.3 is 4.57 Å². The van der Waals surface area contributed by atoms with Crippen molar-refractivity contribution in [2.45, 2.75) is 18.4 Å². The number of hydrogen-bond acceptors (Lipinski definition) is 2. The Kier molecular flexibility index (Phi) is 3.73. The maximum absolute atomic E-state index is 12.8. The monoisotopic (exact) mass is 282 g/mol. The van der Waals surface area contributed by atoms with Crippen molar-refractivity contribution in [1.82, 2.24) is 9.29 Å². The Morgan fingerprint density at radius 3 is 2.32 bits per heavy atom. The van der Waals surface area contributed by atoms with Crippen LogP contribution >= 0.6 is 0 Å². The van der Waals surface area contributed by atoms with Crippen molar-refractivity contribution in [3.63, 3.8) is 0 Å². The maximum Gasteiger partial charge on any atom is 0.240 e. The molecule has 0 aliphatic carbocycles. The quantitative estimate of drug-likeness (QED) is 0.932. The highest BCUT2D eigenvalue weighted by Gasteiger charge is 2.14. The van der Waals surface area contributed by atoms with Crippen molar-refractivity contribution in [1.29, 1.82) is 0 Å². The number of rotatable bonds is 4. The van der Waals surface area contributed by atoms with Crippen molar-refractivity contribution in [3.8, 4) is 0 Å². The molecule has 6 heteroatoms. The van der Waals surface area contributed by atoms with Gasteiger partial charge >= 0.3 is 0 Å². The lowest BCUT2D eigenvalue weighted by Gasteiger charge is -2.08. The summed E-state index contributed by atoms with van der Waals surface area (Å²) in [5.41, 5.74) is 1.92. The molecule has 2 rings (SSSR count). The van der Waals surface area contributed by atoms with Crippen LogP contribution in [-0.4, -0.2) is 13.0 Å². The molecule has 1 N–H and O–H groups in total. The van der Waals surface area contributed by atoms with Crippen LogP contribution in [0.15, 0.2) is 41.3 Å². The van der Waals surface area contributed by atoms with Crippen molar-refractivity contribution in [3.05, 3.63) is 53.6 Å². The Bertz CT molecular complexity index is 675. The summed E-state index contributed by atoms with van der Waals surface area (Å²) < 4.78 is 41.2. The number of hydrogen-bond donors (Lipinski definition) is 1. The summed E-state index contributed by atoms with van der Waals surface area (Å²) >= 11 is 0. The molecule has 0 amide bonds. The van der Waals surface area contributed by atoms with Gasteiger partial charge in [-0.1, -0.05) is 0 Å². The number of benzene rings is 1. The second-order valence-corrected chi connectivity index (χ2v) is 6.07. The van der Waals surface area contributed by atoms with Crippen LogP contribution in [-0.2, 0) is 23.6 Å². The molecule has 19 heavy (non-hydrogen) atoms. The Balaban J connectivity index is 2.14. The van der Waals surface area contributed by atoms with Gasteiger partial charge in [0.05, 0.1) is 11.4 Å². The Morgan fingerprint density at radius 1 is 1.16 bits per heavy atom. The fourth-order valence-electron chi connectivity index (χ4n) is 1.71. The molecule has 1 aromatic heterocycles. The molecule has 0 spiro atoms. The zero-order valence-corrected chi connectivity index (χ0v) is 11.5. The summed E-state index contributed by atoms with van der Waals surface area (Å²) in [5.74, 6) is -0.461. The minimum absolute atomic E-state index is 0.0554. The molecule has 102 valence electrons. The van der Waals surface area contributed by atoms with E-state index in [0.29, 0.717) is 0 Å². The summed E-state index contributed by atoms with van der Waals surface area (Å²) in [5, 5.41) is 0. The molecule has 1 heterocycles. The third kappa shape index (κ3) is 3.02. The van der Waals surface area contributed by atoms with Gasteiger partial charge in [0.1, 0.15) is 5.82 Å². The van der Waals surface area contributed by atoms with Crippen LogP contribution in [0.2, 0.25) is 0 Å². The second-order valence-electron chi connectivity index (χ2n) is 4.30. The van der Waals surface area contributed by atoms with Crippen LogP contribution in [0, 0.1) is 12.7 Å². The normalized spacial score (nSPS) is 11.7. The molecule has 2 aromatic rings. The number of nitrogens with zero attached hydrogens (tertiary/aromatic N) is 1. The van der Waals surface area contributed by atoms with E-state index in [1.165, 1.54) is 12.1 Å². The van der Waals surface area contributed by atoms with E-state index in [-0.39, 0.29) is 11.4 Å². The Morgan fingerprint density at radius 2 is 1.79 bits per heavy atom. The summed E-state index contributed by atoms with van der Waals surface area (Å²) in [6, 6.07) is 8.52. The standard InChI is InChI=1S/C13H15FN2O2S/c1-10-3-6-12(16(10)2)9-15-19(17,18)13-7-4-11(14)5-8-13/h3-8,15H,9H2,1-2H3. The summed E-state index contributed by atoms with van der Waals surface area (Å²) in [6.07, 6.45) is 0. The highest BCUT2D eigenvalue weighted by atomic mass is 32.2. The van der Waals surface area contributed by atoms with E-state index in [2.05, 4.69) is 4.72 Å². The number of aryl methyl sites for hydroxylation is 1. The lowest BCUT2D eigenvalue weighted by Crippen LogP contribution is -2.24. The van der Waals surface area contributed by atoms with Crippen molar-refractivity contribution in [2.75, 3.05) is 0 Å². The summed E-state index contributed by atoms with van der Waals surface area (Å²) in [6.45, 7) is 2.14. The van der Waals surface area contributed by atoms with Gasteiger partial charge in [0, 0.05) is 18.4 Å². The molecule has 0 aliphatic rings. The fraction of sp³-hybridized carbons (Fsp3) is 0.231. The number of nitrogens with one attached hydrogen (secondary N) is 1. The van der Waals surface area contributed by atoms with Gasteiger partial charge in [-0.3, -0.25) is 0 Å². The first-order valence-corrected chi connectivity index (χ1v) is 7.25. The van der Waals surface area contributed by atoms with Crippen LogP contribution in [0.3, 0.4) is 0 Å². The Labute approximate surface area is 111 Å². The van der Waals surface area contributed by atoms with Gasteiger partial charge in [-0.2, -0.15) is 0 Å². The molecule has 1 aromatic carbocycles. The van der Waals surface area contributed by atoms with Crippen LogP contribution in [0.1, 0.15) is 11.4 Å². The van der Waals surface area contributed by atoms with E-state index in [1.807, 2.05) is 30.7 Å². The first-order valence-electron chi connectivity index (χ1n) is 5.76. The number of halogens is 1. The van der Waals surface area contributed by atoms with Crippen molar-refractivity contribution < 1.29 is 12.8 Å². The van der Waals surface area contributed by atoms with E-state index < -0.39 is 15.8 Å². The first-order chi connectivity index (χ1) is 8.90. The molecule has 0 unspecified atom stereocenters. The highest BCUT2D eigenvalue weighted by Crippen LogP contribution is 2.11. The molecule has 4 nitrogen and oxygen atoms in total. The SMILES string of the molecule is Cc1ccc(CNS(=O)(=O)c2ccc(F)cc2)n1C. The van der Waals surface area contributed by atoms with Gasteiger partial charge in [0.15, 0.2) is 0 Å². The van der Waals surface area contributed by atoms with Gasteiger partial charge in [0.2, 0.25) is 10.0 Å². The van der Waals surface area contributed by atoms with E-state index >= 15 is 0 Å². The van der Waals surface area contributed by atoms with Gasteiger partial charge in [-0.25, -0.2) is 17.5 Å². The van der Waals surface area contributed by atoms with Crippen molar-refractivity contribution >= 4 is 10.0 Å². The summed E-state index contributed by atoms with van der Waals surface area (Å²) in [4.78, 5) is 0.0554. The lowest BCUT2D eigenvalue weighted by molar-refractivity contribution is 0.578. The fourth-order valence-corrected chi connectivity index (χ4v) is 2.71. The van der Waals surface area contributed by atoms with E-state index in [4.69, 9.17) is 0 Å². The van der Waals surface area contributed by atoms with Crippen LogP contribution in [0.25, 0.3) is 0 Å². The van der Waals surface area contributed by atoms with Gasteiger partial charge in [0.25, 0.3) is 0 Å². The predicted octanol–water partition coefficient (Wildman–Crippen LogP) is 1.95. The van der Waals surface area contributed by atoms with E-state index in [0.717, 1.165) is 23.5 Å². The maximum atomic E-state index is 12.8. The van der Waals surface area contributed by atoms with Crippen molar-refractivity contribution in [2.24, 2.45) is 7.05 Å². The van der Waals surface area contributed by atoms with E-state index in [1.54, 1.807) is 0 Å². The molecule has 0 saturated heterocycles. The van der Waals surface area contributed by atoms with Crippen LogP contribution < -0.4 is 4.72 Å². The highest BCUT2D eigenvalue weighted by molar-refractivity contribution is 7.89. The molecule has 0 atom stereocenters. The lowest BCUT2D eigenvalue weighted by atomic mass is 10.4. The van der Waals surface area contributed by atoms with Gasteiger partial charge in [-0.05, 0) is 43.3 Å². The smallest absolute Gasteiger partial charge is 0.240 e. The molecule has 0 radical (unpaired) electrons. The average Bonchev–Trinajstić information content (AvgIpc) is 2.68. The minimum Gasteiger partial charge on any atom is -0.351 e. The van der Waals surface area contributed by atoms with E-state index in [9.17, 15) is 12.8 Å². The molecule has 0 aliphatic heterocycles. The van der Waals surface area contributed by atoms with Crippen LogP contribution in [0.5, 0.6) is 0 Å². The number of aromatic nitrogens is 1.